The highest BCUT2D eigenvalue weighted by Crippen LogP contribution is 1.94. The molecule has 1 N–H and O–H groups in total. The fourth-order valence-corrected chi connectivity index (χ4v) is 0.413. The highest BCUT2D eigenvalue weighted by Gasteiger charge is 2.14. The molecule has 3 nitrogen and oxygen atoms in total. The Morgan fingerprint density at radius 3 is 2.33 bits per heavy atom. The van der Waals surface area contributed by atoms with Crippen molar-refractivity contribution in [3.05, 3.63) is 12.8 Å². The number of nitrogens with zero attached hydrogens (tertiary/aromatic N) is 1. The van der Waals surface area contributed by atoms with Gasteiger partial charge >= 0.3 is 5.97 Å². The molecular formula is C6H12NO2+. The van der Waals surface area contributed by atoms with Crippen LogP contribution in [0, 0.1) is 0 Å². The van der Waals surface area contributed by atoms with E-state index in [1.54, 1.807) is 20.3 Å². The van der Waals surface area contributed by atoms with E-state index in [-0.39, 0.29) is 6.54 Å². The van der Waals surface area contributed by atoms with Crippen LogP contribution in [0.1, 0.15) is 0 Å². The summed E-state index contributed by atoms with van der Waals surface area (Å²) in [7, 11) is 3.56. The van der Waals surface area contributed by atoms with Gasteiger partial charge < -0.3 is 5.11 Å². The zero-order valence-corrected chi connectivity index (χ0v) is 5.79. The van der Waals surface area contributed by atoms with Gasteiger partial charge in [0.1, 0.15) is 0 Å². The molecule has 0 aliphatic rings. The molecule has 0 rings (SSSR count). The molecule has 0 aromatic carbocycles. The maximum Gasteiger partial charge on any atom is 0.359 e. The summed E-state index contributed by atoms with van der Waals surface area (Å²) >= 11 is 0. The van der Waals surface area contributed by atoms with Crippen LogP contribution in [-0.2, 0) is 4.79 Å². The van der Waals surface area contributed by atoms with Crippen LogP contribution in [0.15, 0.2) is 12.8 Å². The number of carbonyl (C=O) groups is 1. The fraction of sp³-hybridized carbons (Fsp3) is 0.500. The highest BCUT2D eigenvalue weighted by molar-refractivity contribution is 5.67. The average Bonchev–Trinajstić information content (AvgIpc) is 1.63. The summed E-state index contributed by atoms with van der Waals surface area (Å²) in [6, 6.07) is 0. The summed E-state index contributed by atoms with van der Waals surface area (Å²) in [4.78, 5) is 10.1. The predicted octanol–water partition coefficient (Wildman–Crippen LogP) is 0.291. The van der Waals surface area contributed by atoms with E-state index in [2.05, 4.69) is 6.58 Å². The molecular weight excluding hydrogens is 118 g/mol. The Labute approximate surface area is 54.8 Å². The molecule has 0 aliphatic carbocycles. The normalized spacial score (nSPS) is 10.9. The van der Waals surface area contributed by atoms with Crippen LogP contribution in [0.5, 0.6) is 0 Å². The molecule has 0 amide bonds. The lowest BCUT2D eigenvalue weighted by Crippen LogP contribution is -2.37. The number of rotatable bonds is 3. The summed E-state index contributed by atoms with van der Waals surface area (Å²) in [5.41, 5.74) is 0. The molecule has 0 atom stereocenters. The van der Waals surface area contributed by atoms with Crippen molar-refractivity contribution in [3.8, 4) is 0 Å². The summed E-state index contributed by atoms with van der Waals surface area (Å²) in [5, 5.41) is 8.32. The summed E-state index contributed by atoms with van der Waals surface area (Å²) in [5.74, 6) is -0.806. The maximum atomic E-state index is 10.1. The van der Waals surface area contributed by atoms with E-state index >= 15 is 0 Å². The van der Waals surface area contributed by atoms with Crippen LogP contribution >= 0.6 is 0 Å². The Bertz CT molecular complexity index is 129. The van der Waals surface area contributed by atoms with E-state index in [0.717, 1.165) is 0 Å². The average molecular weight is 130 g/mol. The van der Waals surface area contributed by atoms with Gasteiger partial charge in [0.05, 0.1) is 20.3 Å². The van der Waals surface area contributed by atoms with Gasteiger partial charge in [0.15, 0.2) is 6.54 Å². The predicted molar refractivity (Wildman–Crippen MR) is 34.8 cm³/mol. The Kier molecular flexibility index (Phi) is 2.40. The van der Waals surface area contributed by atoms with Gasteiger partial charge in [0, 0.05) is 0 Å². The van der Waals surface area contributed by atoms with Crippen molar-refractivity contribution in [2.45, 2.75) is 0 Å². The molecule has 0 bridgehead atoms. The monoisotopic (exact) mass is 130 g/mol. The Balaban J connectivity index is 3.86. The SMILES string of the molecule is C=C[N+](C)(C)CC(=O)O. The van der Waals surface area contributed by atoms with Crippen molar-refractivity contribution < 1.29 is 14.4 Å². The van der Waals surface area contributed by atoms with Crippen molar-refractivity contribution in [3.63, 3.8) is 0 Å². The van der Waals surface area contributed by atoms with Gasteiger partial charge in [-0.1, -0.05) is 0 Å². The molecule has 0 aliphatic heterocycles. The quantitative estimate of drug-likeness (QED) is 0.557. The lowest BCUT2D eigenvalue weighted by molar-refractivity contribution is -0.830. The lowest BCUT2D eigenvalue weighted by Gasteiger charge is -2.21. The molecule has 52 valence electrons. The molecule has 3 heteroatoms. The van der Waals surface area contributed by atoms with Crippen molar-refractivity contribution in [2.24, 2.45) is 0 Å². The Hall–Kier alpha value is -0.830. The topological polar surface area (TPSA) is 37.3 Å². The van der Waals surface area contributed by atoms with Crippen LogP contribution in [-0.4, -0.2) is 36.2 Å². The van der Waals surface area contributed by atoms with Crippen LogP contribution in [0.25, 0.3) is 0 Å². The lowest BCUT2D eigenvalue weighted by atomic mass is 10.5. The molecule has 0 unspecified atom stereocenters. The first-order chi connectivity index (χ1) is 3.98. The van der Waals surface area contributed by atoms with Gasteiger partial charge in [-0.3, -0.25) is 4.48 Å². The van der Waals surface area contributed by atoms with E-state index in [9.17, 15) is 4.79 Å². The van der Waals surface area contributed by atoms with Gasteiger partial charge in [-0.05, 0) is 6.58 Å². The van der Waals surface area contributed by atoms with Crippen molar-refractivity contribution in [2.75, 3.05) is 20.6 Å². The van der Waals surface area contributed by atoms with E-state index < -0.39 is 5.97 Å². The van der Waals surface area contributed by atoms with Crippen LogP contribution in [0.4, 0.5) is 0 Å². The minimum absolute atomic E-state index is 0.0868. The maximum absolute atomic E-state index is 10.1. The summed E-state index contributed by atoms with van der Waals surface area (Å²) in [6.45, 7) is 3.58. The largest absolute Gasteiger partial charge is 0.477 e. The number of hydrogen-bond acceptors (Lipinski definition) is 1. The van der Waals surface area contributed by atoms with Crippen LogP contribution in [0.3, 0.4) is 0 Å². The van der Waals surface area contributed by atoms with Gasteiger partial charge in [-0.25, -0.2) is 4.79 Å². The molecule has 0 heterocycles. The molecule has 0 saturated heterocycles. The molecule has 0 saturated carbocycles. The molecule has 0 fully saturated rings. The van der Waals surface area contributed by atoms with Gasteiger partial charge in [0.2, 0.25) is 0 Å². The Morgan fingerprint density at radius 1 is 1.78 bits per heavy atom. The number of aliphatic carboxylic acids is 1. The zero-order valence-electron chi connectivity index (χ0n) is 5.79. The number of hydrogen-bond donors (Lipinski definition) is 1. The second kappa shape index (κ2) is 2.64. The first-order valence-electron chi connectivity index (χ1n) is 2.66. The molecule has 0 spiro atoms. The first-order valence-corrected chi connectivity index (χ1v) is 2.66. The number of quaternary nitrogens is 1. The number of carboxylic acids is 1. The van der Waals surface area contributed by atoms with Crippen LogP contribution in [0.2, 0.25) is 0 Å². The molecule has 0 radical (unpaired) electrons. The minimum Gasteiger partial charge on any atom is -0.477 e. The fourth-order valence-electron chi connectivity index (χ4n) is 0.413. The van der Waals surface area contributed by atoms with Gasteiger partial charge in [-0.2, -0.15) is 0 Å². The zero-order chi connectivity index (χ0) is 7.49. The third kappa shape index (κ3) is 3.73. The second-order valence-electron chi connectivity index (χ2n) is 2.51. The number of likely N-dealkylation sites (N-methyl/N-ethyl adjacent to an activating group) is 1. The smallest absolute Gasteiger partial charge is 0.359 e. The number of carboxylic acid groups (broad SMARTS) is 1. The molecule has 0 aromatic rings. The van der Waals surface area contributed by atoms with E-state index in [1.165, 1.54) is 0 Å². The summed E-state index contributed by atoms with van der Waals surface area (Å²) in [6.07, 6.45) is 1.59. The van der Waals surface area contributed by atoms with Gasteiger partial charge in [0.25, 0.3) is 0 Å². The van der Waals surface area contributed by atoms with Crippen molar-refractivity contribution in [1.82, 2.24) is 0 Å². The standard InChI is InChI=1S/C6H11NO2/c1-4-7(2,3)5-6(8)9/h4H,1,5H2,2-3H3/p+1. The summed E-state index contributed by atoms with van der Waals surface area (Å²) < 4.78 is 0.315. The van der Waals surface area contributed by atoms with E-state index in [0.29, 0.717) is 4.48 Å². The third-order valence-electron chi connectivity index (χ3n) is 1.04. The van der Waals surface area contributed by atoms with Crippen molar-refractivity contribution >= 4 is 5.97 Å². The van der Waals surface area contributed by atoms with E-state index in [4.69, 9.17) is 5.11 Å². The third-order valence-corrected chi connectivity index (χ3v) is 1.04. The highest BCUT2D eigenvalue weighted by atomic mass is 16.4. The molecule has 9 heavy (non-hydrogen) atoms. The van der Waals surface area contributed by atoms with E-state index in [1.807, 2.05) is 0 Å². The second-order valence-corrected chi connectivity index (χ2v) is 2.51. The van der Waals surface area contributed by atoms with Crippen LogP contribution < -0.4 is 0 Å². The minimum atomic E-state index is -0.806. The molecule has 0 aromatic heterocycles. The van der Waals surface area contributed by atoms with Crippen molar-refractivity contribution in [1.29, 1.82) is 0 Å². The first kappa shape index (κ1) is 8.17. The van der Waals surface area contributed by atoms with Gasteiger partial charge in [-0.15, -0.1) is 0 Å². The Morgan fingerprint density at radius 2 is 2.22 bits per heavy atom.